The molecule has 0 aliphatic heterocycles. The van der Waals surface area contributed by atoms with E-state index in [4.69, 9.17) is 36.3 Å². The molecule has 1 aromatic heterocycles. The zero-order chi connectivity index (χ0) is 21.3. The fourth-order valence-corrected chi connectivity index (χ4v) is 3.60. The van der Waals surface area contributed by atoms with E-state index >= 15 is 0 Å². The van der Waals surface area contributed by atoms with Crippen molar-refractivity contribution in [2.75, 3.05) is 18.9 Å². The summed E-state index contributed by atoms with van der Waals surface area (Å²) in [6.45, 7) is 0.634. The van der Waals surface area contributed by atoms with Crippen LogP contribution in [0.25, 0.3) is 22.3 Å². The molecular formula is C22H20ClNO6. The number of para-hydroxylation sites is 1. The van der Waals surface area contributed by atoms with Crippen LogP contribution in [-0.2, 0) is 9.53 Å². The highest BCUT2D eigenvalue weighted by molar-refractivity contribution is 6.34. The maximum atomic E-state index is 12.4. The first-order valence-corrected chi connectivity index (χ1v) is 9.89. The van der Waals surface area contributed by atoms with Gasteiger partial charge in [-0.2, -0.15) is 0 Å². The van der Waals surface area contributed by atoms with E-state index in [1.54, 1.807) is 36.4 Å². The quantitative estimate of drug-likeness (QED) is 0.432. The highest BCUT2D eigenvalue weighted by Crippen LogP contribution is 2.32. The third kappa shape index (κ3) is 4.13. The van der Waals surface area contributed by atoms with Crippen molar-refractivity contribution in [3.8, 4) is 17.1 Å². The van der Waals surface area contributed by atoms with Crippen LogP contribution in [0, 0.1) is 5.92 Å². The van der Waals surface area contributed by atoms with Crippen molar-refractivity contribution in [3.63, 3.8) is 0 Å². The summed E-state index contributed by atoms with van der Waals surface area (Å²) in [4.78, 5) is 23.2. The van der Waals surface area contributed by atoms with Crippen molar-refractivity contribution >= 4 is 34.2 Å². The number of halogens is 1. The van der Waals surface area contributed by atoms with Gasteiger partial charge in [0.15, 0.2) is 11.0 Å². The highest BCUT2D eigenvalue weighted by atomic mass is 35.5. The van der Waals surface area contributed by atoms with Crippen molar-refractivity contribution in [3.05, 3.63) is 57.7 Å². The molecule has 0 saturated heterocycles. The minimum absolute atomic E-state index is 0.0305. The van der Waals surface area contributed by atoms with E-state index in [0.717, 1.165) is 0 Å². The van der Waals surface area contributed by atoms with Crippen molar-refractivity contribution in [2.24, 2.45) is 5.92 Å². The number of carboxylic acids is 1. The first kappa shape index (κ1) is 20.3. The van der Waals surface area contributed by atoms with E-state index in [2.05, 4.69) is 0 Å². The molecule has 0 spiro atoms. The van der Waals surface area contributed by atoms with Gasteiger partial charge in [0.2, 0.25) is 0 Å². The molecule has 3 aromatic rings. The Balaban J connectivity index is 1.40. The Morgan fingerprint density at radius 3 is 2.73 bits per heavy atom. The molecule has 1 aliphatic carbocycles. The number of nitrogen functional groups attached to an aromatic ring is 1. The van der Waals surface area contributed by atoms with Gasteiger partial charge in [-0.1, -0.05) is 17.7 Å². The van der Waals surface area contributed by atoms with Crippen LogP contribution >= 0.6 is 11.6 Å². The lowest BCUT2D eigenvalue weighted by Crippen LogP contribution is -2.37. The zero-order valence-electron chi connectivity index (χ0n) is 16.0. The van der Waals surface area contributed by atoms with Gasteiger partial charge in [0.1, 0.15) is 18.1 Å². The van der Waals surface area contributed by atoms with Crippen molar-refractivity contribution in [1.82, 2.24) is 0 Å². The number of carboxylic acid groups (broad SMARTS) is 1. The van der Waals surface area contributed by atoms with Gasteiger partial charge in [-0.3, -0.25) is 9.59 Å². The molecule has 4 rings (SSSR count). The van der Waals surface area contributed by atoms with E-state index in [1.165, 1.54) is 6.07 Å². The van der Waals surface area contributed by atoms with Crippen molar-refractivity contribution < 1.29 is 23.8 Å². The average Bonchev–Trinajstić information content (AvgIpc) is 2.67. The second-order valence-corrected chi connectivity index (χ2v) is 7.60. The van der Waals surface area contributed by atoms with Gasteiger partial charge in [-0.25, -0.2) is 0 Å². The Bertz CT molecular complexity index is 1150. The topological polar surface area (TPSA) is 112 Å². The van der Waals surface area contributed by atoms with E-state index in [1.807, 2.05) is 0 Å². The number of anilines is 1. The largest absolute Gasteiger partial charge is 0.489 e. The van der Waals surface area contributed by atoms with E-state index in [0.29, 0.717) is 64.8 Å². The number of carbonyl (C=O) groups is 1. The Labute approximate surface area is 177 Å². The molecule has 156 valence electrons. The van der Waals surface area contributed by atoms with Gasteiger partial charge < -0.3 is 24.7 Å². The minimum atomic E-state index is -0.775. The smallest absolute Gasteiger partial charge is 0.306 e. The van der Waals surface area contributed by atoms with E-state index in [-0.39, 0.29) is 17.5 Å². The molecule has 1 heterocycles. The summed E-state index contributed by atoms with van der Waals surface area (Å²) in [5, 5.41) is 9.64. The number of ether oxygens (including phenoxy) is 2. The number of nitrogens with two attached hydrogens (primary N) is 1. The second-order valence-electron chi connectivity index (χ2n) is 7.19. The summed E-state index contributed by atoms with van der Waals surface area (Å²) in [7, 11) is 0. The number of hydrogen-bond donors (Lipinski definition) is 2. The van der Waals surface area contributed by atoms with Crippen molar-refractivity contribution in [1.29, 1.82) is 0 Å². The Morgan fingerprint density at radius 2 is 2.00 bits per heavy atom. The Kier molecular flexibility index (Phi) is 5.65. The number of aliphatic carboxylic acids is 1. The second kappa shape index (κ2) is 8.38. The molecule has 2 aromatic carbocycles. The molecule has 1 aliphatic rings. The van der Waals surface area contributed by atoms with Crippen LogP contribution in [-0.4, -0.2) is 30.4 Å². The molecule has 1 saturated carbocycles. The van der Waals surface area contributed by atoms with Gasteiger partial charge >= 0.3 is 5.97 Å². The third-order valence-electron chi connectivity index (χ3n) is 5.14. The molecule has 0 amide bonds. The summed E-state index contributed by atoms with van der Waals surface area (Å²) in [5.74, 6) is -0.228. The predicted octanol–water partition coefficient (Wildman–Crippen LogP) is 3.95. The average molecular weight is 430 g/mol. The van der Waals surface area contributed by atoms with Gasteiger partial charge in [0, 0.05) is 11.6 Å². The first-order valence-electron chi connectivity index (χ1n) is 9.52. The summed E-state index contributed by atoms with van der Waals surface area (Å²) in [6, 6.07) is 11.5. The molecule has 0 radical (unpaired) electrons. The summed E-state index contributed by atoms with van der Waals surface area (Å²) >= 11 is 6.16. The fourth-order valence-electron chi connectivity index (χ4n) is 3.39. The molecule has 3 N–H and O–H groups in total. The van der Waals surface area contributed by atoms with E-state index in [9.17, 15) is 9.59 Å². The summed E-state index contributed by atoms with van der Waals surface area (Å²) in [6.07, 6.45) is 1.04. The first-order chi connectivity index (χ1) is 14.4. The minimum Gasteiger partial charge on any atom is -0.489 e. The normalized spacial score (nSPS) is 18.2. The van der Waals surface area contributed by atoms with E-state index < -0.39 is 5.97 Å². The SMILES string of the molecule is Nc1cc(-c2cc(=O)c3cccc(Cl)c3o2)ccc1OCCOC1CC(C(=O)O)C1. The third-order valence-corrected chi connectivity index (χ3v) is 5.44. The standard InChI is InChI=1S/C22H20ClNO6/c23-16-3-1-2-15-18(25)11-20(30-21(15)16)12-4-5-19(17(24)10-12)29-7-6-28-14-8-13(9-14)22(26)27/h1-5,10-11,13-14H,6-9,24H2,(H,26,27). The van der Waals surface area contributed by atoms with Crippen LogP contribution in [0.1, 0.15) is 12.8 Å². The number of fused-ring (bicyclic) bond motifs is 1. The number of benzene rings is 2. The molecule has 30 heavy (non-hydrogen) atoms. The van der Waals surface area contributed by atoms with Crippen LogP contribution in [0.2, 0.25) is 5.02 Å². The molecule has 0 atom stereocenters. The Hall–Kier alpha value is -3.03. The summed E-state index contributed by atoms with van der Waals surface area (Å²) < 4.78 is 17.1. The fraction of sp³-hybridized carbons (Fsp3) is 0.273. The number of hydrogen-bond acceptors (Lipinski definition) is 6. The number of rotatable bonds is 7. The van der Waals surface area contributed by atoms with Gasteiger partial charge in [0.05, 0.1) is 34.7 Å². The lowest BCUT2D eigenvalue weighted by molar-refractivity contribution is -0.151. The molecule has 0 bridgehead atoms. The van der Waals surface area contributed by atoms with Crippen LogP contribution in [0.15, 0.2) is 51.7 Å². The summed E-state index contributed by atoms with van der Waals surface area (Å²) in [5.41, 5.74) is 7.26. The van der Waals surface area contributed by atoms with Crippen LogP contribution < -0.4 is 15.9 Å². The molecule has 7 nitrogen and oxygen atoms in total. The monoisotopic (exact) mass is 429 g/mol. The lowest BCUT2D eigenvalue weighted by Gasteiger charge is -2.32. The lowest BCUT2D eigenvalue weighted by atomic mass is 9.82. The molecular weight excluding hydrogens is 410 g/mol. The maximum Gasteiger partial charge on any atom is 0.306 e. The van der Waals surface area contributed by atoms with Crippen LogP contribution in [0.4, 0.5) is 5.69 Å². The molecule has 1 fully saturated rings. The highest BCUT2D eigenvalue weighted by Gasteiger charge is 2.34. The zero-order valence-corrected chi connectivity index (χ0v) is 16.7. The molecule has 8 heteroatoms. The van der Waals surface area contributed by atoms with Crippen LogP contribution in [0.5, 0.6) is 5.75 Å². The van der Waals surface area contributed by atoms with Gasteiger partial charge in [0.25, 0.3) is 0 Å². The van der Waals surface area contributed by atoms with Gasteiger partial charge in [-0.05, 0) is 43.2 Å². The van der Waals surface area contributed by atoms with Crippen molar-refractivity contribution in [2.45, 2.75) is 18.9 Å². The van der Waals surface area contributed by atoms with Crippen LogP contribution in [0.3, 0.4) is 0 Å². The Morgan fingerprint density at radius 1 is 1.20 bits per heavy atom. The molecule has 0 unspecified atom stereocenters. The maximum absolute atomic E-state index is 12.4. The predicted molar refractivity (Wildman–Crippen MR) is 113 cm³/mol. The van der Waals surface area contributed by atoms with Gasteiger partial charge in [-0.15, -0.1) is 0 Å².